The van der Waals surface area contributed by atoms with Gasteiger partial charge in [-0.3, -0.25) is 4.79 Å². The number of carbonyl (C=O) groups is 1. The Morgan fingerprint density at radius 2 is 1.80 bits per heavy atom. The van der Waals surface area contributed by atoms with Crippen molar-refractivity contribution in [3.05, 3.63) is 65.0 Å². The Kier molecular flexibility index (Phi) is 4.34. The van der Waals surface area contributed by atoms with Crippen molar-refractivity contribution >= 4 is 18.5 Å². The molecule has 0 aliphatic carbocycles. The van der Waals surface area contributed by atoms with Gasteiger partial charge in [-0.25, -0.2) is 13.2 Å². The molecule has 0 atom stereocenters. The Labute approximate surface area is 119 Å². The topological polar surface area (TPSA) is 29.1 Å². The van der Waals surface area contributed by atoms with Crippen LogP contribution in [0.4, 0.5) is 13.2 Å². The van der Waals surface area contributed by atoms with Gasteiger partial charge in [0.2, 0.25) is 0 Å². The molecule has 0 bridgehead atoms. The summed E-state index contributed by atoms with van der Waals surface area (Å²) in [5.41, 5.74) is -0.0674. The van der Waals surface area contributed by atoms with Crippen molar-refractivity contribution in [3.8, 4) is 0 Å². The zero-order valence-electron chi connectivity index (χ0n) is 10.2. The monoisotopic (exact) mass is 297 g/mol. The van der Waals surface area contributed by atoms with E-state index in [2.05, 4.69) is 17.9 Å². The third-order valence-electron chi connectivity index (χ3n) is 2.65. The largest absolute Gasteiger partial charge is 0.348 e. The van der Waals surface area contributed by atoms with Crippen molar-refractivity contribution in [1.82, 2.24) is 5.32 Å². The van der Waals surface area contributed by atoms with Gasteiger partial charge >= 0.3 is 0 Å². The van der Waals surface area contributed by atoms with Crippen molar-refractivity contribution < 1.29 is 18.0 Å². The van der Waals surface area contributed by atoms with Crippen LogP contribution < -0.4 is 5.32 Å². The van der Waals surface area contributed by atoms with Gasteiger partial charge in [0.1, 0.15) is 17.5 Å². The molecular weight excluding hydrogens is 287 g/mol. The molecule has 104 valence electrons. The number of amides is 1. The molecule has 0 radical (unpaired) electrons. The molecule has 2 aromatic carbocycles. The van der Waals surface area contributed by atoms with Crippen LogP contribution in [0.25, 0.3) is 0 Å². The van der Waals surface area contributed by atoms with Crippen LogP contribution in [0.15, 0.2) is 41.3 Å². The van der Waals surface area contributed by atoms with Gasteiger partial charge in [0.05, 0.1) is 5.56 Å². The number of carbonyl (C=O) groups excluding carboxylic acids is 1. The smallest absolute Gasteiger partial charge is 0.254 e. The van der Waals surface area contributed by atoms with Gasteiger partial charge < -0.3 is 5.32 Å². The van der Waals surface area contributed by atoms with Crippen LogP contribution >= 0.6 is 12.6 Å². The van der Waals surface area contributed by atoms with Gasteiger partial charge in [-0.05, 0) is 24.3 Å². The predicted molar refractivity (Wildman–Crippen MR) is 71.2 cm³/mol. The van der Waals surface area contributed by atoms with E-state index in [9.17, 15) is 18.0 Å². The highest BCUT2D eigenvalue weighted by molar-refractivity contribution is 7.80. The predicted octanol–water partition coefficient (Wildman–Crippen LogP) is 3.32. The maximum absolute atomic E-state index is 13.5. The molecule has 0 unspecified atom stereocenters. The summed E-state index contributed by atoms with van der Waals surface area (Å²) in [5.74, 6) is -2.86. The molecule has 0 aliphatic rings. The maximum atomic E-state index is 13.5. The fraction of sp³-hybridized carbons (Fsp3) is 0.0714. The normalized spacial score (nSPS) is 10.4. The van der Waals surface area contributed by atoms with E-state index in [-0.39, 0.29) is 17.7 Å². The number of nitrogens with one attached hydrogen (secondary N) is 1. The molecule has 2 aromatic rings. The van der Waals surface area contributed by atoms with Crippen LogP contribution in [0.5, 0.6) is 0 Å². The number of thiol groups is 1. The Hall–Kier alpha value is -1.95. The van der Waals surface area contributed by atoms with Crippen LogP contribution in [0.2, 0.25) is 0 Å². The first kappa shape index (κ1) is 14.5. The van der Waals surface area contributed by atoms with E-state index in [4.69, 9.17) is 0 Å². The van der Waals surface area contributed by atoms with Gasteiger partial charge in [0.15, 0.2) is 0 Å². The van der Waals surface area contributed by atoms with Crippen LogP contribution in [-0.4, -0.2) is 5.91 Å². The lowest BCUT2D eigenvalue weighted by Crippen LogP contribution is -2.24. The summed E-state index contributed by atoms with van der Waals surface area (Å²) in [6, 6.07) is 6.83. The summed E-state index contributed by atoms with van der Waals surface area (Å²) in [6.07, 6.45) is 0. The summed E-state index contributed by atoms with van der Waals surface area (Å²) < 4.78 is 39.6. The van der Waals surface area contributed by atoms with E-state index in [1.807, 2.05) is 0 Å². The van der Waals surface area contributed by atoms with Crippen molar-refractivity contribution in [2.24, 2.45) is 0 Å². The molecule has 2 nitrogen and oxygen atoms in total. The van der Waals surface area contributed by atoms with Crippen LogP contribution in [0, 0.1) is 17.5 Å². The summed E-state index contributed by atoms with van der Waals surface area (Å²) in [5, 5.41) is 2.37. The SMILES string of the molecule is O=C(NCc1ccc(F)cc1F)c1cc(S)ccc1F. The zero-order chi connectivity index (χ0) is 14.7. The maximum Gasteiger partial charge on any atom is 0.254 e. The van der Waals surface area contributed by atoms with Gasteiger partial charge in [-0.2, -0.15) is 0 Å². The van der Waals surface area contributed by atoms with Crippen molar-refractivity contribution in [1.29, 1.82) is 0 Å². The summed E-state index contributed by atoms with van der Waals surface area (Å²) in [6.45, 7) is -0.165. The number of hydrogen-bond donors (Lipinski definition) is 2. The number of benzene rings is 2. The van der Waals surface area contributed by atoms with Crippen LogP contribution in [0.1, 0.15) is 15.9 Å². The molecule has 6 heteroatoms. The molecule has 0 spiro atoms. The highest BCUT2D eigenvalue weighted by Gasteiger charge is 2.12. The van der Waals surface area contributed by atoms with E-state index in [0.717, 1.165) is 18.2 Å². The minimum atomic E-state index is -0.770. The first-order valence-electron chi connectivity index (χ1n) is 5.68. The lowest BCUT2D eigenvalue weighted by Gasteiger charge is -2.07. The molecule has 0 saturated carbocycles. The second-order valence-corrected chi connectivity index (χ2v) is 4.60. The minimum Gasteiger partial charge on any atom is -0.348 e. The standard InChI is InChI=1S/C14H10F3NOS/c15-9-2-1-8(13(17)5-9)7-18-14(19)11-6-10(20)3-4-12(11)16/h1-6,20H,7H2,(H,18,19). The van der Waals surface area contributed by atoms with Gasteiger partial charge in [0.25, 0.3) is 5.91 Å². The van der Waals surface area contributed by atoms with Crippen molar-refractivity contribution in [3.63, 3.8) is 0 Å². The van der Waals surface area contributed by atoms with Crippen LogP contribution in [0.3, 0.4) is 0 Å². The Morgan fingerprint density at radius 3 is 2.50 bits per heavy atom. The third kappa shape index (κ3) is 3.33. The van der Waals surface area contributed by atoms with Gasteiger partial charge in [-0.15, -0.1) is 12.6 Å². The van der Waals surface area contributed by atoms with E-state index >= 15 is 0 Å². The minimum absolute atomic E-state index is 0.113. The lowest BCUT2D eigenvalue weighted by molar-refractivity contribution is 0.0946. The second kappa shape index (κ2) is 6.00. The zero-order valence-corrected chi connectivity index (χ0v) is 11.1. The number of halogens is 3. The van der Waals surface area contributed by atoms with Gasteiger partial charge in [0, 0.05) is 23.1 Å². The average Bonchev–Trinajstić information content (AvgIpc) is 2.40. The molecule has 0 heterocycles. The molecule has 0 aliphatic heterocycles. The Bertz CT molecular complexity index is 661. The molecular formula is C14H10F3NOS. The fourth-order valence-corrected chi connectivity index (χ4v) is 1.83. The number of rotatable bonds is 3. The molecule has 20 heavy (non-hydrogen) atoms. The van der Waals surface area contributed by atoms with E-state index in [0.29, 0.717) is 4.90 Å². The fourth-order valence-electron chi connectivity index (χ4n) is 1.62. The molecule has 0 aromatic heterocycles. The first-order chi connectivity index (χ1) is 9.47. The lowest BCUT2D eigenvalue weighted by atomic mass is 10.1. The molecule has 2 rings (SSSR count). The van der Waals surface area contributed by atoms with E-state index in [1.54, 1.807) is 0 Å². The van der Waals surface area contributed by atoms with Gasteiger partial charge in [-0.1, -0.05) is 6.07 Å². The highest BCUT2D eigenvalue weighted by atomic mass is 32.1. The number of hydrogen-bond acceptors (Lipinski definition) is 2. The second-order valence-electron chi connectivity index (χ2n) is 4.08. The third-order valence-corrected chi connectivity index (χ3v) is 2.93. The van der Waals surface area contributed by atoms with Crippen molar-refractivity contribution in [2.75, 3.05) is 0 Å². The molecule has 0 saturated heterocycles. The quantitative estimate of drug-likeness (QED) is 0.836. The molecule has 1 N–H and O–H groups in total. The summed E-state index contributed by atoms with van der Waals surface area (Å²) in [7, 11) is 0. The highest BCUT2D eigenvalue weighted by Crippen LogP contribution is 2.14. The summed E-state index contributed by atoms with van der Waals surface area (Å²) >= 11 is 4.01. The average molecular weight is 297 g/mol. The first-order valence-corrected chi connectivity index (χ1v) is 6.13. The Morgan fingerprint density at radius 1 is 1.05 bits per heavy atom. The van der Waals surface area contributed by atoms with Crippen molar-refractivity contribution in [2.45, 2.75) is 11.4 Å². The van der Waals surface area contributed by atoms with E-state index in [1.165, 1.54) is 18.2 Å². The summed E-state index contributed by atoms with van der Waals surface area (Å²) in [4.78, 5) is 12.2. The van der Waals surface area contributed by atoms with E-state index < -0.39 is 23.4 Å². The van der Waals surface area contributed by atoms with Crippen LogP contribution in [-0.2, 0) is 6.54 Å². The molecule has 1 amide bonds. The Balaban J connectivity index is 2.10. The molecule has 0 fully saturated rings.